The normalized spacial score (nSPS) is 15.8. The number of allylic oxidation sites excluding steroid dienone is 13. The first-order valence-electron chi connectivity index (χ1n) is 21.3. The summed E-state index contributed by atoms with van der Waals surface area (Å²) in [7, 11) is 0. The molecular weight excluding hydrogens is 699 g/mol. The van der Waals surface area contributed by atoms with Crippen LogP contribution in [-0.2, 0) is 11.8 Å². The minimum absolute atomic E-state index is 0.0795. The van der Waals surface area contributed by atoms with Gasteiger partial charge in [-0.15, -0.1) is 0 Å². The Morgan fingerprint density at radius 2 is 1.38 bits per heavy atom. The highest BCUT2D eigenvalue weighted by atomic mass is 14.6. The standard InChI is InChI=1S/C57H59N/c1-6-44(27-18-12-10-8-7-9-11-15-24-43-25-16-13-17-26-43)49-36-41(2)56(42(3)37-49)48-31-23-30-46(38-48)52(45-28-19-14-20-29-45)40-55(58)47-34-35-51-50-32-21-22-33-53(50)57(4,5)54(51)39-47/h6,10,12-14,16-23,25-29,31-40H,7-9,11,15,24,30,58H2,1-5H3/b12-10+,27-18-,44-6+,52-46-,55-40-. The van der Waals surface area contributed by atoms with Crippen LogP contribution in [0.15, 0.2) is 176 Å². The molecule has 0 aromatic heterocycles. The summed E-state index contributed by atoms with van der Waals surface area (Å²) in [5.41, 5.74) is 26.8. The Bertz CT molecular complexity index is 2430. The summed E-state index contributed by atoms with van der Waals surface area (Å²) in [6, 6.07) is 41.8. The summed E-state index contributed by atoms with van der Waals surface area (Å²) in [6.07, 6.45) is 28.6. The molecule has 0 saturated heterocycles. The van der Waals surface area contributed by atoms with E-state index in [1.54, 1.807) is 0 Å². The average Bonchev–Trinajstić information content (AvgIpc) is 3.47. The fourth-order valence-electron chi connectivity index (χ4n) is 8.92. The average molecular weight is 758 g/mol. The Kier molecular flexibility index (Phi) is 12.9. The number of hydrogen-bond donors (Lipinski definition) is 1. The summed E-state index contributed by atoms with van der Waals surface area (Å²) in [6.45, 7) is 11.3. The lowest BCUT2D eigenvalue weighted by Gasteiger charge is -2.22. The van der Waals surface area contributed by atoms with E-state index in [9.17, 15) is 0 Å². The molecule has 5 aromatic rings. The molecule has 0 fully saturated rings. The van der Waals surface area contributed by atoms with Crippen molar-refractivity contribution < 1.29 is 0 Å². The van der Waals surface area contributed by atoms with Crippen LogP contribution in [0.2, 0.25) is 0 Å². The third-order valence-electron chi connectivity index (χ3n) is 12.0. The van der Waals surface area contributed by atoms with Crippen molar-refractivity contribution in [2.24, 2.45) is 5.73 Å². The molecule has 2 N–H and O–H groups in total. The number of benzene rings is 5. The number of fused-ring (bicyclic) bond motifs is 3. The first kappa shape index (κ1) is 40.3. The van der Waals surface area contributed by atoms with Crippen LogP contribution in [0.25, 0.3) is 33.5 Å². The molecule has 0 saturated carbocycles. The molecule has 0 heterocycles. The van der Waals surface area contributed by atoms with Crippen LogP contribution in [0.3, 0.4) is 0 Å². The minimum Gasteiger partial charge on any atom is -0.398 e. The Labute approximate surface area is 348 Å². The maximum atomic E-state index is 7.05. The van der Waals surface area contributed by atoms with E-state index >= 15 is 0 Å². The van der Waals surface area contributed by atoms with Gasteiger partial charge in [-0.1, -0.05) is 184 Å². The van der Waals surface area contributed by atoms with Crippen LogP contribution < -0.4 is 5.73 Å². The van der Waals surface area contributed by atoms with E-state index in [1.807, 2.05) is 0 Å². The van der Waals surface area contributed by atoms with Gasteiger partial charge in [-0.25, -0.2) is 0 Å². The van der Waals surface area contributed by atoms with Crippen LogP contribution in [0.5, 0.6) is 0 Å². The van der Waals surface area contributed by atoms with Crippen molar-refractivity contribution in [1.82, 2.24) is 0 Å². The molecule has 0 bridgehead atoms. The van der Waals surface area contributed by atoms with Gasteiger partial charge in [0.05, 0.1) is 0 Å². The van der Waals surface area contributed by atoms with E-state index in [4.69, 9.17) is 5.73 Å². The summed E-state index contributed by atoms with van der Waals surface area (Å²) in [5.74, 6) is 0. The lowest BCUT2D eigenvalue weighted by molar-refractivity contribution is 0.646. The van der Waals surface area contributed by atoms with Crippen molar-refractivity contribution in [2.45, 2.75) is 85.0 Å². The van der Waals surface area contributed by atoms with Crippen molar-refractivity contribution >= 4 is 22.4 Å². The van der Waals surface area contributed by atoms with Crippen molar-refractivity contribution in [3.63, 3.8) is 0 Å². The molecule has 2 aliphatic carbocycles. The van der Waals surface area contributed by atoms with Gasteiger partial charge in [0, 0.05) is 11.1 Å². The van der Waals surface area contributed by atoms with Gasteiger partial charge in [0.25, 0.3) is 0 Å². The zero-order chi connectivity index (χ0) is 40.5. The molecule has 0 spiro atoms. The number of rotatable bonds is 14. The second-order valence-electron chi connectivity index (χ2n) is 16.5. The molecule has 2 aliphatic rings. The molecule has 292 valence electrons. The number of nitrogens with two attached hydrogens (primary N) is 1. The topological polar surface area (TPSA) is 26.0 Å². The Morgan fingerprint density at radius 1 is 0.690 bits per heavy atom. The first-order valence-corrected chi connectivity index (χ1v) is 21.3. The van der Waals surface area contributed by atoms with Gasteiger partial charge in [0.1, 0.15) is 0 Å². The monoisotopic (exact) mass is 757 g/mol. The Balaban J connectivity index is 1.08. The van der Waals surface area contributed by atoms with Crippen molar-refractivity contribution in [1.29, 1.82) is 0 Å². The summed E-state index contributed by atoms with van der Waals surface area (Å²) >= 11 is 0. The van der Waals surface area contributed by atoms with Crippen LogP contribution >= 0.6 is 0 Å². The van der Waals surface area contributed by atoms with Gasteiger partial charge in [-0.2, -0.15) is 0 Å². The molecule has 7 rings (SSSR count). The number of unbranched alkanes of at least 4 members (excludes halogenated alkanes) is 4. The van der Waals surface area contributed by atoms with E-state index in [0.29, 0.717) is 0 Å². The molecule has 5 aromatic carbocycles. The van der Waals surface area contributed by atoms with Crippen molar-refractivity contribution in [3.8, 4) is 11.1 Å². The van der Waals surface area contributed by atoms with Gasteiger partial charge < -0.3 is 5.73 Å². The maximum Gasteiger partial charge on any atom is 0.0394 e. The van der Waals surface area contributed by atoms with Gasteiger partial charge >= 0.3 is 0 Å². The van der Waals surface area contributed by atoms with E-state index in [1.165, 1.54) is 104 Å². The molecule has 0 unspecified atom stereocenters. The van der Waals surface area contributed by atoms with Crippen molar-refractivity contribution in [3.05, 3.63) is 226 Å². The molecule has 1 nitrogen and oxygen atoms in total. The van der Waals surface area contributed by atoms with Gasteiger partial charge in [0.15, 0.2) is 0 Å². The predicted octanol–water partition coefficient (Wildman–Crippen LogP) is 15.1. The summed E-state index contributed by atoms with van der Waals surface area (Å²) in [5, 5.41) is 0. The molecule has 0 amide bonds. The van der Waals surface area contributed by atoms with E-state index in [2.05, 4.69) is 205 Å². The Hall–Kier alpha value is -5.92. The second kappa shape index (κ2) is 18.6. The molecular formula is C57H59N. The fraction of sp³-hybridized carbons (Fsp3) is 0.228. The van der Waals surface area contributed by atoms with Gasteiger partial charge in [-0.3, -0.25) is 0 Å². The summed E-state index contributed by atoms with van der Waals surface area (Å²) < 4.78 is 0. The molecule has 0 aliphatic heterocycles. The van der Waals surface area contributed by atoms with Crippen molar-refractivity contribution in [2.75, 3.05) is 0 Å². The molecule has 58 heavy (non-hydrogen) atoms. The second-order valence-corrected chi connectivity index (χ2v) is 16.5. The third-order valence-corrected chi connectivity index (χ3v) is 12.0. The van der Waals surface area contributed by atoms with E-state index in [0.717, 1.165) is 29.7 Å². The lowest BCUT2D eigenvalue weighted by Crippen LogP contribution is -2.15. The van der Waals surface area contributed by atoms with Crippen LogP contribution in [0.1, 0.15) is 109 Å². The maximum absolute atomic E-state index is 7.05. The third kappa shape index (κ3) is 9.11. The minimum atomic E-state index is -0.0795. The van der Waals surface area contributed by atoms with Crippen LogP contribution in [0.4, 0.5) is 0 Å². The SMILES string of the molecule is C\C=C(/C=C\C=C\CCCCCCc1ccccc1)c1cc(C)c(C2=C/C(=C(/C=C(\N)c3ccc4c(c3)C(C)(C)c3ccccc3-4)c3ccccc3)CC=C2)c(C)c1. The predicted molar refractivity (Wildman–Crippen MR) is 252 cm³/mol. The Morgan fingerprint density at radius 3 is 2.14 bits per heavy atom. The van der Waals surface area contributed by atoms with Crippen LogP contribution in [0, 0.1) is 13.8 Å². The molecule has 0 atom stereocenters. The number of aryl methyl sites for hydroxylation is 3. The lowest BCUT2D eigenvalue weighted by atomic mass is 9.81. The zero-order valence-electron chi connectivity index (χ0n) is 35.2. The molecule has 0 radical (unpaired) electrons. The van der Waals surface area contributed by atoms with Gasteiger partial charge in [0.2, 0.25) is 0 Å². The number of hydrogen-bond acceptors (Lipinski definition) is 1. The van der Waals surface area contributed by atoms with Crippen LogP contribution in [-0.4, -0.2) is 0 Å². The van der Waals surface area contributed by atoms with Gasteiger partial charge in [-0.05, 0) is 149 Å². The highest BCUT2D eigenvalue weighted by Gasteiger charge is 2.35. The molecule has 1 heteroatoms. The smallest absolute Gasteiger partial charge is 0.0394 e. The highest BCUT2D eigenvalue weighted by Crippen LogP contribution is 2.49. The largest absolute Gasteiger partial charge is 0.398 e. The summed E-state index contributed by atoms with van der Waals surface area (Å²) in [4.78, 5) is 0. The highest BCUT2D eigenvalue weighted by molar-refractivity contribution is 5.91. The van der Waals surface area contributed by atoms with E-state index < -0.39 is 0 Å². The fourth-order valence-corrected chi connectivity index (χ4v) is 8.92. The zero-order valence-corrected chi connectivity index (χ0v) is 35.2. The van der Waals surface area contributed by atoms with E-state index in [-0.39, 0.29) is 5.41 Å². The quantitative estimate of drug-likeness (QED) is 0.0886. The first-order chi connectivity index (χ1) is 28.2.